The summed E-state index contributed by atoms with van der Waals surface area (Å²) >= 11 is 1.61. The smallest absolute Gasteiger partial charge is 0.228 e. The van der Waals surface area contributed by atoms with Crippen LogP contribution in [-0.2, 0) is 22.7 Å². The molecule has 1 unspecified atom stereocenters. The van der Waals surface area contributed by atoms with Gasteiger partial charge in [-0.3, -0.25) is 9.59 Å². The molecular formula is C23H22N2O5S. The van der Waals surface area contributed by atoms with Crippen molar-refractivity contribution in [2.45, 2.75) is 19.5 Å². The molecule has 1 fully saturated rings. The van der Waals surface area contributed by atoms with Crippen LogP contribution in [0.15, 0.2) is 58.5 Å². The molecule has 4 heterocycles. The summed E-state index contributed by atoms with van der Waals surface area (Å²) in [5, 5.41) is 1.99. The Labute approximate surface area is 183 Å². The van der Waals surface area contributed by atoms with Crippen LogP contribution in [0.2, 0.25) is 0 Å². The molecular weight excluding hydrogens is 416 g/mol. The lowest BCUT2D eigenvalue weighted by atomic mass is 10.1. The minimum Gasteiger partial charge on any atom is -0.486 e. The van der Waals surface area contributed by atoms with Crippen molar-refractivity contribution in [3.63, 3.8) is 0 Å². The zero-order valence-electron chi connectivity index (χ0n) is 16.9. The van der Waals surface area contributed by atoms with E-state index in [0.29, 0.717) is 44.3 Å². The average Bonchev–Trinajstić information content (AvgIpc) is 3.55. The molecule has 31 heavy (non-hydrogen) atoms. The first-order valence-electron chi connectivity index (χ1n) is 10.2. The van der Waals surface area contributed by atoms with E-state index in [1.807, 2.05) is 47.8 Å². The second kappa shape index (κ2) is 8.47. The van der Waals surface area contributed by atoms with Gasteiger partial charge in [0.05, 0.1) is 25.3 Å². The number of carbonyl (C=O) groups is 2. The van der Waals surface area contributed by atoms with Crippen molar-refractivity contribution in [1.29, 1.82) is 0 Å². The predicted molar refractivity (Wildman–Crippen MR) is 115 cm³/mol. The molecule has 2 aliphatic rings. The Kier molecular flexibility index (Phi) is 5.38. The molecule has 7 nitrogen and oxygen atoms in total. The van der Waals surface area contributed by atoms with E-state index in [4.69, 9.17) is 13.9 Å². The van der Waals surface area contributed by atoms with Crippen molar-refractivity contribution in [1.82, 2.24) is 4.90 Å². The predicted octanol–water partition coefficient (Wildman–Crippen LogP) is 3.69. The van der Waals surface area contributed by atoms with Gasteiger partial charge in [0, 0.05) is 29.6 Å². The number of furan rings is 1. The SMILES string of the molecule is O=C(C1CC(=O)N(c2ccc3c(c2)OCCO3)C1)N(Cc1ccco1)Cc1cccs1. The fraction of sp³-hybridized carbons (Fsp3) is 0.304. The maximum absolute atomic E-state index is 13.4. The van der Waals surface area contributed by atoms with Gasteiger partial charge in [0.2, 0.25) is 11.8 Å². The van der Waals surface area contributed by atoms with Gasteiger partial charge in [-0.15, -0.1) is 11.3 Å². The van der Waals surface area contributed by atoms with E-state index < -0.39 is 5.92 Å². The molecule has 0 radical (unpaired) electrons. The zero-order valence-corrected chi connectivity index (χ0v) is 17.7. The van der Waals surface area contributed by atoms with E-state index >= 15 is 0 Å². The van der Waals surface area contributed by atoms with Crippen molar-refractivity contribution in [2.75, 3.05) is 24.7 Å². The summed E-state index contributed by atoms with van der Waals surface area (Å²) in [7, 11) is 0. The molecule has 2 amide bonds. The van der Waals surface area contributed by atoms with Crippen molar-refractivity contribution in [3.8, 4) is 11.5 Å². The summed E-state index contributed by atoms with van der Waals surface area (Å²) in [4.78, 5) is 30.7. The summed E-state index contributed by atoms with van der Waals surface area (Å²) in [6.07, 6.45) is 1.79. The number of ether oxygens (including phenoxy) is 2. The molecule has 0 N–H and O–H groups in total. The second-order valence-electron chi connectivity index (χ2n) is 7.59. The van der Waals surface area contributed by atoms with Crippen LogP contribution in [0.4, 0.5) is 5.69 Å². The third kappa shape index (κ3) is 4.16. The number of fused-ring (bicyclic) bond motifs is 1. The Balaban J connectivity index is 1.33. The maximum Gasteiger partial charge on any atom is 0.228 e. The van der Waals surface area contributed by atoms with Crippen LogP contribution in [0, 0.1) is 5.92 Å². The first-order valence-corrected chi connectivity index (χ1v) is 11.1. The van der Waals surface area contributed by atoms with Crippen LogP contribution in [0.3, 0.4) is 0 Å². The number of hydrogen-bond donors (Lipinski definition) is 0. The van der Waals surface area contributed by atoms with Gasteiger partial charge in [-0.25, -0.2) is 0 Å². The second-order valence-corrected chi connectivity index (χ2v) is 8.62. The summed E-state index contributed by atoms with van der Waals surface area (Å²) < 4.78 is 16.7. The van der Waals surface area contributed by atoms with Crippen LogP contribution in [0.25, 0.3) is 0 Å². The Morgan fingerprint density at radius 1 is 1.10 bits per heavy atom. The minimum atomic E-state index is -0.407. The minimum absolute atomic E-state index is 0.0433. The molecule has 160 valence electrons. The van der Waals surface area contributed by atoms with Crippen LogP contribution in [0.1, 0.15) is 17.1 Å². The standard InChI is InChI=1S/C23H22N2O5S/c26-22-11-16(13-25(22)17-5-6-20-21(12-17)30-9-8-29-20)23(27)24(14-18-3-1-7-28-18)15-19-4-2-10-31-19/h1-7,10,12,16H,8-9,11,13-15H2. The first kappa shape index (κ1) is 19.7. The molecule has 0 spiro atoms. The van der Waals surface area contributed by atoms with E-state index in [-0.39, 0.29) is 18.2 Å². The lowest BCUT2D eigenvalue weighted by molar-refractivity contribution is -0.137. The number of carbonyl (C=O) groups excluding carboxylic acids is 2. The summed E-state index contributed by atoms with van der Waals surface area (Å²) in [6, 6.07) is 13.1. The van der Waals surface area contributed by atoms with Gasteiger partial charge in [0.25, 0.3) is 0 Å². The van der Waals surface area contributed by atoms with Gasteiger partial charge in [-0.2, -0.15) is 0 Å². The van der Waals surface area contributed by atoms with Crippen molar-refractivity contribution < 1.29 is 23.5 Å². The van der Waals surface area contributed by atoms with E-state index in [2.05, 4.69) is 0 Å². The van der Waals surface area contributed by atoms with Crippen LogP contribution in [0.5, 0.6) is 11.5 Å². The molecule has 8 heteroatoms. The van der Waals surface area contributed by atoms with E-state index in [1.165, 1.54) is 0 Å². The first-order chi connectivity index (χ1) is 15.2. The Hall–Kier alpha value is -3.26. The molecule has 0 bridgehead atoms. The Bertz CT molecular complexity index is 1030. The fourth-order valence-electron chi connectivity index (χ4n) is 3.97. The topological polar surface area (TPSA) is 72.2 Å². The monoisotopic (exact) mass is 438 g/mol. The molecule has 0 aliphatic carbocycles. The van der Waals surface area contributed by atoms with Crippen molar-refractivity contribution in [2.24, 2.45) is 5.92 Å². The summed E-state index contributed by atoms with van der Waals surface area (Å²) in [5.74, 6) is 1.51. The number of amides is 2. The molecule has 3 aromatic rings. The van der Waals surface area contributed by atoms with Crippen LogP contribution >= 0.6 is 11.3 Å². The highest BCUT2D eigenvalue weighted by Crippen LogP contribution is 2.36. The van der Waals surface area contributed by atoms with Gasteiger partial charge in [0.15, 0.2) is 11.5 Å². The number of rotatable bonds is 6. The van der Waals surface area contributed by atoms with Gasteiger partial charge >= 0.3 is 0 Å². The number of benzene rings is 1. The Morgan fingerprint density at radius 3 is 2.74 bits per heavy atom. The van der Waals surface area contributed by atoms with Gasteiger partial charge in [0.1, 0.15) is 19.0 Å². The zero-order chi connectivity index (χ0) is 21.2. The van der Waals surface area contributed by atoms with Crippen molar-refractivity contribution >= 4 is 28.8 Å². The molecule has 1 aromatic carbocycles. The summed E-state index contributed by atoms with van der Waals surface area (Å²) in [5.41, 5.74) is 0.723. The normalized spacial score (nSPS) is 17.7. The summed E-state index contributed by atoms with van der Waals surface area (Å²) in [6.45, 7) is 2.21. The van der Waals surface area contributed by atoms with Gasteiger partial charge in [-0.05, 0) is 35.7 Å². The average molecular weight is 439 g/mol. The molecule has 1 saturated heterocycles. The third-order valence-corrected chi connectivity index (χ3v) is 6.34. The highest BCUT2D eigenvalue weighted by molar-refractivity contribution is 7.09. The lowest BCUT2D eigenvalue weighted by Crippen LogP contribution is -2.36. The number of hydrogen-bond acceptors (Lipinski definition) is 6. The largest absolute Gasteiger partial charge is 0.486 e. The Morgan fingerprint density at radius 2 is 1.97 bits per heavy atom. The van der Waals surface area contributed by atoms with E-state index in [9.17, 15) is 9.59 Å². The van der Waals surface area contributed by atoms with Gasteiger partial charge < -0.3 is 23.7 Å². The van der Waals surface area contributed by atoms with Crippen molar-refractivity contribution in [3.05, 3.63) is 64.7 Å². The molecule has 5 rings (SSSR count). The lowest BCUT2D eigenvalue weighted by Gasteiger charge is -2.25. The van der Waals surface area contributed by atoms with E-state index in [1.54, 1.807) is 27.4 Å². The molecule has 1 atom stereocenters. The van der Waals surface area contributed by atoms with E-state index in [0.717, 1.165) is 16.3 Å². The quantitative estimate of drug-likeness (QED) is 0.587. The highest BCUT2D eigenvalue weighted by Gasteiger charge is 2.38. The number of nitrogens with zero attached hydrogens (tertiary/aromatic N) is 2. The third-order valence-electron chi connectivity index (χ3n) is 5.48. The molecule has 0 saturated carbocycles. The molecule has 2 aromatic heterocycles. The van der Waals surface area contributed by atoms with Crippen LogP contribution in [-0.4, -0.2) is 36.5 Å². The number of thiophene rings is 1. The van der Waals surface area contributed by atoms with Gasteiger partial charge in [-0.1, -0.05) is 6.07 Å². The highest BCUT2D eigenvalue weighted by atomic mass is 32.1. The maximum atomic E-state index is 13.4. The molecule has 2 aliphatic heterocycles. The van der Waals surface area contributed by atoms with Crippen LogP contribution < -0.4 is 14.4 Å². The fourth-order valence-corrected chi connectivity index (χ4v) is 4.69. The number of anilines is 1.